The summed E-state index contributed by atoms with van der Waals surface area (Å²) < 4.78 is 15.2. The van der Waals surface area contributed by atoms with Crippen molar-refractivity contribution in [3.63, 3.8) is 0 Å². The van der Waals surface area contributed by atoms with E-state index < -0.39 is 0 Å². The summed E-state index contributed by atoms with van der Waals surface area (Å²) in [6.45, 7) is 2.40. The third kappa shape index (κ3) is 7.20. The van der Waals surface area contributed by atoms with Crippen molar-refractivity contribution in [2.75, 3.05) is 45.5 Å². The minimum absolute atomic E-state index is 0.00623. The van der Waals surface area contributed by atoms with Crippen molar-refractivity contribution in [1.82, 2.24) is 0 Å². The third-order valence-electron chi connectivity index (χ3n) is 2.51. The SMILES string of the molecule is COCCOCCOCC(=O)Nc1ccc(CN)cc1. The van der Waals surface area contributed by atoms with E-state index in [1.807, 2.05) is 24.3 Å². The Morgan fingerprint density at radius 2 is 1.75 bits per heavy atom. The number of hydrogen-bond acceptors (Lipinski definition) is 5. The highest BCUT2D eigenvalue weighted by atomic mass is 16.5. The first kappa shape index (κ1) is 16.6. The van der Waals surface area contributed by atoms with Gasteiger partial charge in [0.25, 0.3) is 0 Å². The predicted molar refractivity (Wildman–Crippen MR) is 76.5 cm³/mol. The molecule has 3 N–H and O–H groups in total. The van der Waals surface area contributed by atoms with E-state index in [0.717, 1.165) is 11.3 Å². The Morgan fingerprint density at radius 1 is 1.10 bits per heavy atom. The van der Waals surface area contributed by atoms with Crippen LogP contribution in [0.3, 0.4) is 0 Å². The summed E-state index contributed by atoms with van der Waals surface area (Å²) in [5, 5.41) is 2.74. The maximum Gasteiger partial charge on any atom is 0.250 e. The number of benzene rings is 1. The first-order valence-electron chi connectivity index (χ1n) is 6.49. The number of methoxy groups -OCH3 is 1. The van der Waals surface area contributed by atoms with Gasteiger partial charge in [-0.1, -0.05) is 12.1 Å². The predicted octanol–water partition coefficient (Wildman–Crippen LogP) is 0.763. The molecule has 0 aromatic heterocycles. The van der Waals surface area contributed by atoms with Gasteiger partial charge >= 0.3 is 0 Å². The topological polar surface area (TPSA) is 82.8 Å². The van der Waals surface area contributed by atoms with Crippen LogP contribution in [0.25, 0.3) is 0 Å². The molecule has 0 atom stereocenters. The zero-order valence-electron chi connectivity index (χ0n) is 11.8. The van der Waals surface area contributed by atoms with Crippen molar-refractivity contribution in [3.8, 4) is 0 Å². The second-order valence-corrected chi connectivity index (χ2v) is 4.11. The lowest BCUT2D eigenvalue weighted by Gasteiger charge is -2.07. The second kappa shape index (κ2) is 10.3. The third-order valence-corrected chi connectivity index (χ3v) is 2.51. The number of carbonyl (C=O) groups excluding carboxylic acids is 1. The van der Waals surface area contributed by atoms with E-state index in [9.17, 15) is 4.79 Å². The van der Waals surface area contributed by atoms with Gasteiger partial charge < -0.3 is 25.3 Å². The van der Waals surface area contributed by atoms with Crippen LogP contribution in [0.15, 0.2) is 24.3 Å². The normalized spacial score (nSPS) is 10.5. The van der Waals surface area contributed by atoms with E-state index in [-0.39, 0.29) is 12.5 Å². The Bertz CT molecular complexity index is 381. The molecule has 1 rings (SSSR count). The van der Waals surface area contributed by atoms with E-state index in [4.69, 9.17) is 19.9 Å². The van der Waals surface area contributed by atoms with Crippen molar-refractivity contribution < 1.29 is 19.0 Å². The minimum atomic E-state index is -0.192. The van der Waals surface area contributed by atoms with Crippen LogP contribution in [0.1, 0.15) is 5.56 Å². The summed E-state index contributed by atoms with van der Waals surface area (Å²) in [5.41, 5.74) is 7.25. The molecule has 0 radical (unpaired) electrons. The van der Waals surface area contributed by atoms with Gasteiger partial charge in [0.2, 0.25) is 5.91 Å². The summed E-state index contributed by atoms with van der Waals surface area (Å²) in [6, 6.07) is 7.38. The lowest BCUT2D eigenvalue weighted by Crippen LogP contribution is -2.20. The van der Waals surface area contributed by atoms with Gasteiger partial charge in [-0.25, -0.2) is 0 Å². The average Bonchev–Trinajstić information content (AvgIpc) is 2.47. The highest BCUT2D eigenvalue weighted by molar-refractivity contribution is 5.91. The van der Waals surface area contributed by atoms with E-state index in [1.54, 1.807) is 7.11 Å². The number of carbonyl (C=O) groups is 1. The number of amides is 1. The molecule has 0 bridgehead atoms. The van der Waals surface area contributed by atoms with Crippen molar-refractivity contribution >= 4 is 11.6 Å². The largest absolute Gasteiger partial charge is 0.382 e. The molecule has 1 amide bonds. The summed E-state index contributed by atoms with van der Waals surface area (Å²) in [7, 11) is 1.62. The molecule has 0 saturated heterocycles. The summed E-state index contributed by atoms with van der Waals surface area (Å²) in [4.78, 5) is 11.6. The quantitative estimate of drug-likeness (QED) is 0.619. The molecule has 0 spiro atoms. The fourth-order valence-corrected chi connectivity index (χ4v) is 1.45. The minimum Gasteiger partial charge on any atom is -0.382 e. The molecule has 0 aliphatic heterocycles. The van der Waals surface area contributed by atoms with Gasteiger partial charge in [0.1, 0.15) is 6.61 Å². The maximum absolute atomic E-state index is 11.6. The van der Waals surface area contributed by atoms with Gasteiger partial charge in [-0.15, -0.1) is 0 Å². The van der Waals surface area contributed by atoms with Crippen LogP contribution < -0.4 is 11.1 Å². The molecule has 0 aliphatic carbocycles. The standard InChI is InChI=1S/C14H22N2O4/c1-18-6-7-19-8-9-20-11-14(17)16-13-4-2-12(10-15)3-5-13/h2-5H,6-11,15H2,1H3,(H,16,17). The summed E-state index contributed by atoms with van der Waals surface area (Å²) in [5.74, 6) is -0.192. The van der Waals surface area contributed by atoms with Gasteiger partial charge in [0.05, 0.1) is 26.4 Å². The molecule has 0 heterocycles. The Kier molecular flexibility index (Phi) is 8.57. The molecule has 112 valence electrons. The molecule has 0 saturated carbocycles. The van der Waals surface area contributed by atoms with E-state index in [1.165, 1.54) is 0 Å². The Labute approximate surface area is 119 Å². The Morgan fingerprint density at radius 3 is 2.40 bits per heavy atom. The molecule has 20 heavy (non-hydrogen) atoms. The first-order valence-corrected chi connectivity index (χ1v) is 6.49. The fourth-order valence-electron chi connectivity index (χ4n) is 1.45. The number of rotatable bonds is 10. The smallest absolute Gasteiger partial charge is 0.250 e. The highest BCUT2D eigenvalue weighted by Crippen LogP contribution is 2.08. The van der Waals surface area contributed by atoms with Gasteiger partial charge in [-0.3, -0.25) is 4.79 Å². The molecular weight excluding hydrogens is 260 g/mol. The Balaban J connectivity index is 2.10. The molecule has 6 heteroatoms. The average molecular weight is 282 g/mol. The number of anilines is 1. The number of nitrogens with two attached hydrogens (primary N) is 1. The van der Waals surface area contributed by atoms with Gasteiger partial charge in [0.15, 0.2) is 0 Å². The van der Waals surface area contributed by atoms with Gasteiger partial charge in [-0.05, 0) is 17.7 Å². The van der Waals surface area contributed by atoms with E-state index in [0.29, 0.717) is 33.0 Å². The lowest BCUT2D eigenvalue weighted by atomic mass is 10.2. The highest BCUT2D eigenvalue weighted by Gasteiger charge is 2.02. The molecule has 1 aromatic rings. The Hall–Kier alpha value is -1.47. The van der Waals surface area contributed by atoms with Crippen LogP contribution in [0.5, 0.6) is 0 Å². The summed E-state index contributed by atoms with van der Waals surface area (Å²) in [6.07, 6.45) is 0. The van der Waals surface area contributed by atoms with E-state index >= 15 is 0 Å². The van der Waals surface area contributed by atoms with Crippen LogP contribution in [-0.4, -0.2) is 46.1 Å². The fraction of sp³-hybridized carbons (Fsp3) is 0.500. The lowest BCUT2D eigenvalue weighted by molar-refractivity contribution is -0.121. The molecule has 0 unspecified atom stereocenters. The number of nitrogens with one attached hydrogen (secondary N) is 1. The monoisotopic (exact) mass is 282 g/mol. The molecule has 1 aromatic carbocycles. The molecule has 0 aliphatic rings. The number of ether oxygens (including phenoxy) is 3. The van der Waals surface area contributed by atoms with Crippen LogP contribution in [-0.2, 0) is 25.5 Å². The van der Waals surface area contributed by atoms with Crippen LogP contribution in [0.4, 0.5) is 5.69 Å². The first-order chi connectivity index (χ1) is 9.76. The van der Waals surface area contributed by atoms with Crippen molar-refractivity contribution in [2.45, 2.75) is 6.54 Å². The van der Waals surface area contributed by atoms with Crippen LogP contribution in [0, 0.1) is 0 Å². The van der Waals surface area contributed by atoms with Gasteiger partial charge in [0, 0.05) is 19.3 Å². The molecule has 6 nitrogen and oxygen atoms in total. The van der Waals surface area contributed by atoms with Crippen LogP contribution in [0.2, 0.25) is 0 Å². The van der Waals surface area contributed by atoms with Gasteiger partial charge in [-0.2, -0.15) is 0 Å². The van der Waals surface area contributed by atoms with E-state index in [2.05, 4.69) is 5.32 Å². The zero-order valence-corrected chi connectivity index (χ0v) is 11.8. The summed E-state index contributed by atoms with van der Waals surface area (Å²) >= 11 is 0. The second-order valence-electron chi connectivity index (χ2n) is 4.11. The van der Waals surface area contributed by atoms with Crippen molar-refractivity contribution in [2.24, 2.45) is 5.73 Å². The van der Waals surface area contributed by atoms with Crippen molar-refractivity contribution in [1.29, 1.82) is 0 Å². The van der Waals surface area contributed by atoms with Crippen LogP contribution >= 0.6 is 0 Å². The zero-order chi connectivity index (χ0) is 14.6. The maximum atomic E-state index is 11.6. The molecule has 0 fully saturated rings. The molecular formula is C14H22N2O4. The number of hydrogen-bond donors (Lipinski definition) is 2. The van der Waals surface area contributed by atoms with Crippen molar-refractivity contribution in [3.05, 3.63) is 29.8 Å².